The van der Waals surface area contributed by atoms with E-state index in [4.69, 9.17) is 14.2 Å². The molecule has 4 atom stereocenters. The second kappa shape index (κ2) is 14.1. The highest BCUT2D eigenvalue weighted by Crippen LogP contribution is 2.33. The Morgan fingerprint density at radius 2 is 1.45 bits per heavy atom. The molecule has 3 aromatic rings. The zero-order valence-corrected chi connectivity index (χ0v) is 23.8. The molecular formula is C32H33NO11. The Hall–Kier alpha value is -4.78. The first-order chi connectivity index (χ1) is 21.0. The number of carboxylic acids is 3. The number of hydrogen-bond acceptors (Lipinski definition) is 8. The Labute approximate surface area is 253 Å². The van der Waals surface area contributed by atoms with Gasteiger partial charge in [-0.25, -0.2) is 9.59 Å². The number of hydrogen-bond donors (Lipinski definition) is 4. The van der Waals surface area contributed by atoms with E-state index in [0.29, 0.717) is 24.3 Å². The molecule has 232 valence electrons. The van der Waals surface area contributed by atoms with Crippen LogP contribution in [0.15, 0.2) is 84.9 Å². The third kappa shape index (κ3) is 7.40. The highest BCUT2D eigenvalue weighted by molar-refractivity contribution is 6.00. The summed E-state index contributed by atoms with van der Waals surface area (Å²) in [5.74, 6) is -8.66. The van der Waals surface area contributed by atoms with Crippen LogP contribution in [0.4, 0.5) is 0 Å². The minimum absolute atomic E-state index is 0.422. The van der Waals surface area contributed by atoms with Gasteiger partial charge in [0.05, 0.1) is 6.61 Å². The highest BCUT2D eigenvalue weighted by Gasteiger charge is 2.58. The summed E-state index contributed by atoms with van der Waals surface area (Å²) in [5.41, 5.74) is 1.81. The summed E-state index contributed by atoms with van der Waals surface area (Å²) < 4.78 is 15.8. The van der Waals surface area contributed by atoms with Gasteiger partial charge in [0.1, 0.15) is 24.1 Å². The Morgan fingerprint density at radius 3 is 2.00 bits per heavy atom. The fraction of sp³-hybridized carbons (Fsp3) is 0.312. The van der Waals surface area contributed by atoms with Crippen LogP contribution >= 0.6 is 0 Å². The summed E-state index contributed by atoms with van der Waals surface area (Å²) in [6.07, 6.45) is -2.69. The van der Waals surface area contributed by atoms with Crippen molar-refractivity contribution in [2.24, 2.45) is 0 Å². The van der Waals surface area contributed by atoms with E-state index in [9.17, 15) is 39.6 Å². The van der Waals surface area contributed by atoms with Crippen molar-refractivity contribution in [3.05, 3.63) is 96.1 Å². The lowest BCUT2D eigenvalue weighted by atomic mass is 9.85. The van der Waals surface area contributed by atoms with Crippen LogP contribution in [0.5, 0.6) is 11.5 Å². The number of nitrogens with zero attached hydrogens (tertiary/aromatic N) is 1. The van der Waals surface area contributed by atoms with Gasteiger partial charge in [0.15, 0.2) is 6.10 Å². The average molecular weight is 608 g/mol. The molecule has 0 bridgehead atoms. The molecular weight excluding hydrogens is 574 g/mol. The van der Waals surface area contributed by atoms with E-state index in [1.54, 1.807) is 19.1 Å². The van der Waals surface area contributed by atoms with E-state index in [1.165, 1.54) is 0 Å². The smallest absolute Gasteiger partial charge is 0.377 e. The summed E-state index contributed by atoms with van der Waals surface area (Å²) in [5, 5.41) is 39.3. The van der Waals surface area contributed by atoms with Gasteiger partial charge in [-0.15, -0.1) is 0 Å². The van der Waals surface area contributed by atoms with Crippen LogP contribution < -0.4 is 4.74 Å². The number of carboxylic acid groups (broad SMARTS) is 3. The molecule has 0 aromatic heterocycles. The molecule has 44 heavy (non-hydrogen) atoms. The molecule has 1 aliphatic heterocycles. The lowest BCUT2D eigenvalue weighted by molar-refractivity contribution is -0.221. The van der Waals surface area contributed by atoms with E-state index in [0.717, 1.165) is 16.0 Å². The molecule has 0 spiro atoms. The van der Waals surface area contributed by atoms with Crippen molar-refractivity contribution in [3.63, 3.8) is 0 Å². The van der Waals surface area contributed by atoms with E-state index < -0.39 is 66.9 Å². The van der Waals surface area contributed by atoms with Gasteiger partial charge in [0, 0.05) is 12.0 Å². The highest BCUT2D eigenvalue weighted by atomic mass is 16.8. The molecule has 1 heterocycles. The van der Waals surface area contributed by atoms with Crippen LogP contribution in [0, 0.1) is 0 Å². The Balaban J connectivity index is 1.60. The molecule has 1 saturated heterocycles. The van der Waals surface area contributed by atoms with Crippen molar-refractivity contribution in [2.75, 3.05) is 13.2 Å². The Morgan fingerprint density at radius 1 is 0.886 bits per heavy atom. The predicted molar refractivity (Wildman–Crippen MR) is 154 cm³/mol. The number of aliphatic hydroxyl groups is 1. The van der Waals surface area contributed by atoms with Crippen LogP contribution in [0.1, 0.15) is 30.4 Å². The second-order valence-corrected chi connectivity index (χ2v) is 10.4. The van der Waals surface area contributed by atoms with Crippen LogP contribution in [0.25, 0.3) is 0 Å². The van der Waals surface area contributed by atoms with Crippen LogP contribution in [0.2, 0.25) is 0 Å². The Kier molecular flexibility index (Phi) is 10.3. The van der Waals surface area contributed by atoms with E-state index in [-0.39, 0.29) is 0 Å². The van der Waals surface area contributed by atoms with Crippen molar-refractivity contribution < 1.29 is 53.8 Å². The number of aliphatic hydroxyl groups excluding tert-OH is 1. The van der Waals surface area contributed by atoms with Gasteiger partial charge in [-0.3, -0.25) is 9.59 Å². The molecule has 4 unspecified atom stereocenters. The molecule has 0 aliphatic carbocycles. The predicted octanol–water partition coefficient (Wildman–Crippen LogP) is 3.14. The largest absolute Gasteiger partial charge is 0.480 e. The molecule has 3 aromatic carbocycles. The number of carbonyl (C=O) groups excluding carboxylic acids is 1. The summed E-state index contributed by atoms with van der Waals surface area (Å²) >= 11 is 0. The van der Waals surface area contributed by atoms with Gasteiger partial charge in [0.2, 0.25) is 0 Å². The number of rotatable bonds is 14. The third-order valence-corrected chi connectivity index (χ3v) is 7.47. The van der Waals surface area contributed by atoms with Crippen molar-refractivity contribution in [1.29, 1.82) is 0 Å². The Bertz CT molecular complexity index is 1430. The quantitative estimate of drug-likeness (QED) is 0.198. The number of aryl methyl sites for hydroxylation is 1. The summed E-state index contributed by atoms with van der Waals surface area (Å²) in [7, 11) is 0. The summed E-state index contributed by atoms with van der Waals surface area (Å²) in [4.78, 5) is 49.6. The van der Waals surface area contributed by atoms with Gasteiger partial charge in [-0.2, -0.15) is 0 Å². The monoisotopic (exact) mass is 607 g/mol. The first-order valence-electron chi connectivity index (χ1n) is 13.9. The fourth-order valence-electron chi connectivity index (χ4n) is 5.13. The normalized spacial score (nSPS) is 17.6. The number of amides is 1. The van der Waals surface area contributed by atoms with Crippen molar-refractivity contribution in [3.8, 4) is 11.5 Å². The third-order valence-electron chi connectivity index (χ3n) is 7.47. The second-order valence-electron chi connectivity index (χ2n) is 10.4. The molecule has 4 N–H and O–H groups in total. The topological polar surface area (TPSA) is 180 Å². The first-order valence-corrected chi connectivity index (χ1v) is 13.9. The van der Waals surface area contributed by atoms with Crippen LogP contribution in [0.3, 0.4) is 0 Å². The standard InChI is InChI=1S/C32H33NO11/c1-20(33(18-27(34)35)29(37)28(36)26-19-42-32(44-26,30(38)39)31(40)41)25(17-12-21-8-4-2-5-9-21)22-13-15-24(16-14-22)43-23-10-6-3-7-11-23/h2-11,13-16,20,25-26,28,36H,12,17-19H2,1H3,(H,34,35)(H,38,39)(H,40,41). The van der Waals surface area contributed by atoms with Gasteiger partial charge in [-0.05, 0) is 55.2 Å². The van der Waals surface area contributed by atoms with Crippen molar-refractivity contribution >= 4 is 23.8 Å². The van der Waals surface area contributed by atoms with Gasteiger partial charge >= 0.3 is 23.7 Å². The summed E-state index contributed by atoms with van der Waals surface area (Å²) in [6, 6.07) is 25.2. The molecule has 12 heteroatoms. The van der Waals surface area contributed by atoms with Crippen molar-refractivity contribution in [1.82, 2.24) is 4.90 Å². The molecule has 0 radical (unpaired) electrons. The fourth-order valence-corrected chi connectivity index (χ4v) is 5.13. The summed E-state index contributed by atoms with van der Waals surface area (Å²) in [6.45, 7) is 0.147. The van der Waals surface area contributed by atoms with E-state index in [1.807, 2.05) is 72.8 Å². The number of para-hydroxylation sites is 1. The van der Waals surface area contributed by atoms with Crippen LogP contribution in [-0.2, 0) is 35.1 Å². The number of aliphatic carboxylic acids is 3. The van der Waals surface area contributed by atoms with Gasteiger partial charge in [0.25, 0.3) is 5.91 Å². The molecule has 12 nitrogen and oxygen atoms in total. The molecule has 4 rings (SSSR count). The SMILES string of the molecule is CC(C(CCc1ccccc1)c1ccc(Oc2ccccc2)cc1)N(CC(=O)O)C(=O)C(O)C1COC(C(=O)O)(C(=O)O)O1. The number of ether oxygens (including phenoxy) is 3. The molecule has 1 fully saturated rings. The lowest BCUT2D eigenvalue weighted by Gasteiger charge is -2.36. The zero-order chi connectivity index (χ0) is 31.9. The van der Waals surface area contributed by atoms with E-state index in [2.05, 4.69) is 0 Å². The minimum atomic E-state index is -3.10. The molecule has 0 saturated carbocycles. The molecule has 1 amide bonds. The minimum Gasteiger partial charge on any atom is -0.480 e. The molecule has 1 aliphatic rings. The number of benzene rings is 3. The van der Waals surface area contributed by atoms with Gasteiger partial charge in [-0.1, -0.05) is 60.7 Å². The van der Waals surface area contributed by atoms with Gasteiger partial charge < -0.3 is 39.5 Å². The maximum absolute atomic E-state index is 13.6. The first kappa shape index (κ1) is 32.1. The maximum Gasteiger partial charge on any atom is 0.377 e. The average Bonchev–Trinajstić information content (AvgIpc) is 3.48. The van der Waals surface area contributed by atoms with E-state index >= 15 is 0 Å². The van der Waals surface area contributed by atoms with Crippen molar-refractivity contribution in [2.45, 2.75) is 49.7 Å². The zero-order valence-electron chi connectivity index (χ0n) is 23.8. The lowest BCUT2D eigenvalue weighted by Crippen LogP contribution is -2.54. The number of carbonyl (C=O) groups is 4. The maximum atomic E-state index is 13.6. The van der Waals surface area contributed by atoms with Crippen LogP contribution in [-0.4, -0.2) is 86.3 Å².